The van der Waals surface area contributed by atoms with E-state index in [-0.39, 0.29) is 0 Å². The summed E-state index contributed by atoms with van der Waals surface area (Å²) in [5.74, 6) is 2.21. The van der Waals surface area contributed by atoms with E-state index < -0.39 is 0 Å². The SMILES string of the molecule is c1ccc(-c2cnc(C3CCCN(c4nnc(C5CC5)s4)C3)[nH]2)cc1. The monoisotopic (exact) mass is 351 g/mol. The fraction of sp³-hybridized carbons (Fsp3) is 0.421. The van der Waals surface area contributed by atoms with Crippen molar-refractivity contribution < 1.29 is 0 Å². The van der Waals surface area contributed by atoms with Crippen molar-refractivity contribution >= 4 is 16.5 Å². The molecule has 1 atom stereocenters. The molecule has 1 unspecified atom stereocenters. The molecule has 1 N–H and O–H groups in total. The first-order valence-electron chi connectivity index (χ1n) is 9.05. The third-order valence-electron chi connectivity index (χ3n) is 5.12. The number of hydrogen-bond donors (Lipinski definition) is 1. The minimum Gasteiger partial charge on any atom is -0.346 e. The largest absolute Gasteiger partial charge is 0.346 e. The molecule has 3 aromatic rings. The number of nitrogens with one attached hydrogen (secondary N) is 1. The van der Waals surface area contributed by atoms with Crippen LogP contribution in [-0.2, 0) is 0 Å². The van der Waals surface area contributed by atoms with E-state index in [0.717, 1.165) is 29.7 Å². The molecule has 5 rings (SSSR count). The summed E-state index contributed by atoms with van der Waals surface area (Å²) in [5, 5.41) is 11.2. The summed E-state index contributed by atoms with van der Waals surface area (Å²) in [6, 6.07) is 10.4. The van der Waals surface area contributed by atoms with E-state index in [4.69, 9.17) is 0 Å². The summed E-state index contributed by atoms with van der Waals surface area (Å²) >= 11 is 1.78. The Morgan fingerprint density at radius 3 is 2.76 bits per heavy atom. The van der Waals surface area contributed by atoms with Crippen LogP contribution in [-0.4, -0.2) is 33.3 Å². The average Bonchev–Trinajstić information content (AvgIpc) is 3.21. The molecule has 1 aromatic carbocycles. The van der Waals surface area contributed by atoms with Crippen LogP contribution in [0.5, 0.6) is 0 Å². The van der Waals surface area contributed by atoms with Crippen LogP contribution < -0.4 is 4.90 Å². The summed E-state index contributed by atoms with van der Waals surface area (Å²) in [7, 11) is 0. The van der Waals surface area contributed by atoms with E-state index in [2.05, 4.69) is 49.3 Å². The number of H-pyrrole nitrogens is 1. The Balaban J connectivity index is 1.33. The number of anilines is 1. The zero-order chi connectivity index (χ0) is 16.6. The first kappa shape index (κ1) is 15.1. The fourth-order valence-electron chi connectivity index (χ4n) is 3.53. The number of benzene rings is 1. The van der Waals surface area contributed by atoms with Crippen LogP contribution in [0.25, 0.3) is 11.3 Å². The van der Waals surface area contributed by atoms with Crippen molar-refractivity contribution in [2.24, 2.45) is 0 Å². The summed E-state index contributed by atoms with van der Waals surface area (Å²) in [5.41, 5.74) is 2.28. The fourth-order valence-corrected chi connectivity index (χ4v) is 4.58. The molecule has 1 saturated heterocycles. The maximum atomic E-state index is 4.67. The lowest BCUT2D eigenvalue weighted by Gasteiger charge is -2.31. The zero-order valence-corrected chi connectivity index (χ0v) is 14.9. The molecule has 1 saturated carbocycles. The lowest BCUT2D eigenvalue weighted by atomic mass is 9.98. The second-order valence-electron chi connectivity index (χ2n) is 7.03. The van der Waals surface area contributed by atoms with Crippen molar-refractivity contribution in [1.29, 1.82) is 0 Å². The highest BCUT2D eigenvalue weighted by Crippen LogP contribution is 2.43. The molecule has 0 radical (unpaired) electrons. The molecule has 1 aliphatic carbocycles. The van der Waals surface area contributed by atoms with Crippen LogP contribution in [0, 0.1) is 0 Å². The number of imidazole rings is 1. The van der Waals surface area contributed by atoms with Crippen molar-refractivity contribution in [2.45, 2.75) is 37.5 Å². The van der Waals surface area contributed by atoms with Gasteiger partial charge in [-0.3, -0.25) is 0 Å². The summed E-state index contributed by atoms with van der Waals surface area (Å²) in [4.78, 5) is 10.6. The van der Waals surface area contributed by atoms with Gasteiger partial charge in [0.1, 0.15) is 10.8 Å². The highest BCUT2D eigenvalue weighted by atomic mass is 32.1. The van der Waals surface area contributed by atoms with E-state index in [1.54, 1.807) is 11.3 Å². The molecule has 128 valence electrons. The Labute approximate surface area is 151 Å². The number of rotatable bonds is 4. The van der Waals surface area contributed by atoms with Crippen LogP contribution in [0.2, 0.25) is 0 Å². The molecule has 0 spiro atoms. The minimum absolute atomic E-state index is 0.430. The van der Waals surface area contributed by atoms with Gasteiger partial charge in [-0.05, 0) is 31.2 Å². The quantitative estimate of drug-likeness (QED) is 0.766. The van der Waals surface area contributed by atoms with Gasteiger partial charge in [0, 0.05) is 24.9 Å². The summed E-state index contributed by atoms with van der Waals surface area (Å²) in [6.07, 6.45) is 6.87. The predicted molar refractivity (Wildman–Crippen MR) is 100 cm³/mol. The molecule has 3 heterocycles. The van der Waals surface area contributed by atoms with Crippen molar-refractivity contribution in [3.05, 3.63) is 47.4 Å². The van der Waals surface area contributed by atoms with Crippen LogP contribution in [0.3, 0.4) is 0 Å². The smallest absolute Gasteiger partial charge is 0.208 e. The van der Waals surface area contributed by atoms with Gasteiger partial charge in [0.15, 0.2) is 0 Å². The standard InChI is InChI=1S/C19H21N5S/c1-2-5-13(6-3-1)16-11-20-17(21-16)15-7-4-10-24(12-15)19-23-22-18(25-19)14-8-9-14/h1-3,5-6,11,14-15H,4,7-10,12H2,(H,20,21). The number of hydrogen-bond acceptors (Lipinski definition) is 5. The second-order valence-corrected chi connectivity index (χ2v) is 8.02. The number of nitrogens with zero attached hydrogens (tertiary/aromatic N) is 4. The van der Waals surface area contributed by atoms with E-state index in [0.29, 0.717) is 11.8 Å². The molecular formula is C19H21N5S. The predicted octanol–water partition coefficient (Wildman–Crippen LogP) is 4.19. The maximum absolute atomic E-state index is 4.67. The van der Waals surface area contributed by atoms with Crippen LogP contribution in [0.4, 0.5) is 5.13 Å². The highest BCUT2D eigenvalue weighted by Gasteiger charge is 2.30. The van der Waals surface area contributed by atoms with Gasteiger partial charge in [-0.25, -0.2) is 4.98 Å². The third-order valence-corrected chi connectivity index (χ3v) is 6.26. The van der Waals surface area contributed by atoms with Gasteiger partial charge < -0.3 is 9.88 Å². The molecule has 2 aromatic heterocycles. The Morgan fingerprint density at radius 2 is 1.92 bits per heavy atom. The van der Waals surface area contributed by atoms with Crippen molar-refractivity contribution in [2.75, 3.05) is 18.0 Å². The first-order valence-corrected chi connectivity index (χ1v) is 9.87. The van der Waals surface area contributed by atoms with Crippen molar-refractivity contribution in [3.63, 3.8) is 0 Å². The van der Waals surface area contributed by atoms with Gasteiger partial charge >= 0.3 is 0 Å². The molecule has 2 aliphatic rings. The Morgan fingerprint density at radius 1 is 1.04 bits per heavy atom. The lowest BCUT2D eigenvalue weighted by Crippen LogP contribution is -2.34. The van der Waals surface area contributed by atoms with Crippen molar-refractivity contribution in [3.8, 4) is 11.3 Å². The second kappa shape index (κ2) is 6.26. The number of aromatic nitrogens is 4. The lowest BCUT2D eigenvalue weighted by molar-refractivity contribution is 0.493. The Kier molecular flexibility index (Phi) is 3.77. The maximum Gasteiger partial charge on any atom is 0.208 e. The number of piperidine rings is 1. The third kappa shape index (κ3) is 3.06. The number of aromatic amines is 1. The van der Waals surface area contributed by atoms with Crippen molar-refractivity contribution in [1.82, 2.24) is 20.2 Å². The van der Waals surface area contributed by atoms with E-state index in [1.165, 1.54) is 36.3 Å². The van der Waals surface area contributed by atoms with E-state index >= 15 is 0 Å². The van der Waals surface area contributed by atoms with E-state index in [1.807, 2.05) is 12.3 Å². The highest BCUT2D eigenvalue weighted by molar-refractivity contribution is 7.15. The van der Waals surface area contributed by atoms with Gasteiger partial charge in [-0.15, -0.1) is 10.2 Å². The first-order chi connectivity index (χ1) is 12.4. The molecular weight excluding hydrogens is 330 g/mol. The molecule has 25 heavy (non-hydrogen) atoms. The van der Waals surface area contributed by atoms with Gasteiger partial charge in [0.05, 0.1) is 11.9 Å². The van der Waals surface area contributed by atoms with Gasteiger partial charge in [0.25, 0.3) is 0 Å². The molecule has 6 heteroatoms. The molecule has 0 bridgehead atoms. The summed E-state index contributed by atoms with van der Waals surface area (Å²) < 4.78 is 0. The normalized spacial score (nSPS) is 20.8. The van der Waals surface area contributed by atoms with Crippen LogP contribution in [0.15, 0.2) is 36.5 Å². The Hall–Kier alpha value is -2.21. The topological polar surface area (TPSA) is 57.7 Å². The molecule has 1 aliphatic heterocycles. The molecule has 5 nitrogen and oxygen atoms in total. The van der Waals surface area contributed by atoms with Crippen LogP contribution >= 0.6 is 11.3 Å². The van der Waals surface area contributed by atoms with Gasteiger partial charge in [-0.2, -0.15) is 0 Å². The molecule has 2 fully saturated rings. The zero-order valence-electron chi connectivity index (χ0n) is 14.1. The molecule has 0 amide bonds. The minimum atomic E-state index is 0.430. The van der Waals surface area contributed by atoms with E-state index in [9.17, 15) is 0 Å². The summed E-state index contributed by atoms with van der Waals surface area (Å²) in [6.45, 7) is 2.04. The Bertz CT molecular complexity index is 852. The van der Waals surface area contributed by atoms with Gasteiger partial charge in [-0.1, -0.05) is 41.7 Å². The average molecular weight is 351 g/mol. The van der Waals surface area contributed by atoms with Crippen LogP contribution in [0.1, 0.15) is 48.4 Å². The van der Waals surface area contributed by atoms with Gasteiger partial charge in [0.2, 0.25) is 5.13 Å².